The summed E-state index contributed by atoms with van der Waals surface area (Å²) < 4.78 is 8.25. The quantitative estimate of drug-likeness (QED) is 0.654. The van der Waals surface area contributed by atoms with E-state index in [9.17, 15) is 0 Å². The Bertz CT molecular complexity index is 518. The molecule has 0 bridgehead atoms. The third-order valence-electron chi connectivity index (χ3n) is 2.49. The van der Waals surface area contributed by atoms with E-state index in [0.29, 0.717) is 11.4 Å². The lowest BCUT2D eigenvalue weighted by Gasteiger charge is -2.06. The standard InChI is InChI=1S/C12H15N3OS/c1-10-13-14-12(17)15(10)8-5-9-16-11-6-3-2-4-7-11/h2-4,6-7H,5,8-9H2,1H3,(H,14,17). The van der Waals surface area contributed by atoms with Gasteiger partial charge in [0.1, 0.15) is 11.6 Å². The molecule has 1 aromatic heterocycles. The molecule has 90 valence electrons. The van der Waals surface area contributed by atoms with E-state index >= 15 is 0 Å². The molecule has 5 heteroatoms. The van der Waals surface area contributed by atoms with E-state index in [4.69, 9.17) is 17.0 Å². The lowest BCUT2D eigenvalue weighted by Crippen LogP contribution is -2.06. The maximum absolute atomic E-state index is 5.61. The van der Waals surface area contributed by atoms with Gasteiger partial charge in [-0.1, -0.05) is 18.2 Å². The molecule has 1 N–H and O–H groups in total. The Hall–Kier alpha value is -1.62. The third-order valence-corrected chi connectivity index (χ3v) is 2.80. The fourth-order valence-corrected chi connectivity index (χ4v) is 1.86. The minimum Gasteiger partial charge on any atom is -0.494 e. The van der Waals surface area contributed by atoms with Crippen molar-refractivity contribution in [2.24, 2.45) is 0 Å². The van der Waals surface area contributed by atoms with E-state index in [1.54, 1.807) is 0 Å². The van der Waals surface area contributed by atoms with E-state index in [1.165, 1.54) is 0 Å². The van der Waals surface area contributed by atoms with E-state index in [0.717, 1.165) is 24.5 Å². The van der Waals surface area contributed by atoms with Crippen molar-refractivity contribution in [2.75, 3.05) is 6.61 Å². The molecule has 2 aromatic rings. The van der Waals surface area contributed by atoms with Gasteiger partial charge in [-0.05, 0) is 37.7 Å². The summed E-state index contributed by atoms with van der Waals surface area (Å²) in [4.78, 5) is 0. The molecule has 0 aliphatic carbocycles. The molecule has 0 aliphatic heterocycles. The Morgan fingerprint density at radius 3 is 2.76 bits per heavy atom. The van der Waals surface area contributed by atoms with Crippen LogP contribution in [0.4, 0.5) is 0 Å². The van der Waals surface area contributed by atoms with Crippen molar-refractivity contribution in [1.29, 1.82) is 0 Å². The van der Waals surface area contributed by atoms with Gasteiger partial charge in [-0.25, -0.2) is 0 Å². The molecule has 0 unspecified atom stereocenters. The van der Waals surface area contributed by atoms with Gasteiger partial charge in [0.25, 0.3) is 0 Å². The van der Waals surface area contributed by atoms with Gasteiger partial charge in [0.15, 0.2) is 4.77 Å². The topological polar surface area (TPSA) is 42.8 Å². The number of rotatable bonds is 5. The molecule has 1 heterocycles. The molecule has 2 rings (SSSR count). The zero-order valence-corrected chi connectivity index (χ0v) is 10.5. The van der Waals surface area contributed by atoms with Crippen molar-refractivity contribution in [3.8, 4) is 5.75 Å². The number of nitrogens with zero attached hydrogens (tertiary/aromatic N) is 2. The molecule has 0 atom stereocenters. The SMILES string of the molecule is Cc1n[nH]c(=S)n1CCCOc1ccccc1. The lowest BCUT2D eigenvalue weighted by atomic mass is 10.3. The Morgan fingerprint density at radius 2 is 2.12 bits per heavy atom. The first kappa shape index (κ1) is 11.9. The van der Waals surface area contributed by atoms with E-state index in [1.807, 2.05) is 41.8 Å². The highest BCUT2D eigenvalue weighted by Crippen LogP contribution is 2.08. The number of aryl methyl sites for hydroxylation is 1. The van der Waals surface area contributed by atoms with Crippen LogP contribution in [-0.2, 0) is 6.54 Å². The summed E-state index contributed by atoms with van der Waals surface area (Å²) in [5, 5.41) is 6.83. The number of hydrogen-bond acceptors (Lipinski definition) is 3. The smallest absolute Gasteiger partial charge is 0.195 e. The van der Waals surface area contributed by atoms with Crippen LogP contribution in [0.25, 0.3) is 0 Å². The number of para-hydroxylation sites is 1. The number of hydrogen-bond donors (Lipinski definition) is 1. The van der Waals surface area contributed by atoms with Gasteiger partial charge in [-0.15, -0.1) is 0 Å². The molecular formula is C12H15N3OS. The van der Waals surface area contributed by atoms with Crippen LogP contribution in [0.15, 0.2) is 30.3 Å². The van der Waals surface area contributed by atoms with Crippen molar-refractivity contribution in [3.63, 3.8) is 0 Å². The molecule has 0 fully saturated rings. The molecule has 4 nitrogen and oxygen atoms in total. The molecular weight excluding hydrogens is 234 g/mol. The predicted octanol–water partition coefficient (Wildman–Crippen LogP) is 2.72. The first-order valence-electron chi connectivity index (χ1n) is 5.57. The minimum absolute atomic E-state index is 0.669. The Morgan fingerprint density at radius 1 is 1.35 bits per heavy atom. The molecule has 0 radical (unpaired) electrons. The number of nitrogens with one attached hydrogen (secondary N) is 1. The Kier molecular flexibility index (Phi) is 3.93. The fraction of sp³-hybridized carbons (Fsp3) is 0.333. The summed E-state index contributed by atoms with van der Waals surface area (Å²) in [6.07, 6.45) is 0.906. The summed E-state index contributed by atoms with van der Waals surface area (Å²) in [6.45, 7) is 3.44. The van der Waals surface area contributed by atoms with Gasteiger partial charge in [-0.2, -0.15) is 5.10 Å². The van der Waals surface area contributed by atoms with Crippen LogP contribution < -0.4 is 4.74 Å². The Balaban J connectivity index is 1.79. The first-order chi connectivity index (χ1) is 8.27. The molecule has 1 aromatic carbocycles. The molecule has 17 heavy (non-hydrogen) atoms. The largest absolute Gasteiger partial charge is 0.494 e. The second-order valence-corrected chi connectivity index (χ2v) is 4.13. The average molecular weight is 249 g/mol. The van der Waals surface area contributed by atoms with Crippen molar-refractivity contribution < 1.29 is 4.74 Å². The van der Waals surface area contributed by atoms with E-state index < -0.39 is 0 Å². The van der Waals surface area contributed by atoms with E-state index in [2.05, 4.69) is 10.2 Å². The summed E-state index contributed by atoms with van der Waals surface area (Å²) >= 11 is 5.12. The highest BCUT2D eigenvalue weighted by atomic mass is 32.1. The van der Waals surface area contributed by atoms with Crippen molar-refractivity contribution >= 4 is 12.2 Å². The van der Waals surface area contributed by atoms with Crippen molar-refractivity contribution in [3.05, 3.63) is 40.9 Å². The molecule has 0 aliphatic rings. The van der Waals surface area contributed by atoms with Crippen LogP contribution >= 0.6 is 12.2 Å². The molecule has 0 saturated carbocycles. The first-order valence-corrected chi connectivity index (χ1v) is 5.98. The Labute approximate surface area is 105 Å². The van der Waals surface area contributed by atoms with Gasteiger partial charge in [0.05, 0.1) is 6.61 Å². The normalized spacial score (nSPS) is 10.4. The maximum Gasteiger partial charge on any atom is 0.195 e. The molecule has 0 saturated heterocycles. The number of ether oxygens (including phenoxy) is 1. The summed E-state index contributed by atoms with van der Waals surface area (Å²) in [6, 6.07) is 9.81. The van der Waals surface area contributed by atoms with Gasteiger partial charge in [0, 0.05) is 6.54 Å². The summed E-state index contributed by atoms with van der Waals surface area (Å²) in [7, 11) is 0. The fourth-order valence-electron chi connectivity index (χ4n) is 1.59. The highest BCUT2D eigenvalue weighted by molar-refractivity contribution is 7.71. The monoisotopic (exact) mass is 249 g/mol. The van der Waals surface area contributed by atoms with Crippen molar-refractivity contribution in [1.82, 2.24) is 14.8 Å². The summed E-state index contributed by atoms with van der Waals surface area (Å²) in [5.41, 5.74) is 0. The average Bonchev–Trinajstić information content (AvgIpc) is 2.67. The van der Waals surface area contributed by atoms with Crippen LogP contribution in [0.1, 0.15) is 12.2 Å². The highest BCUT2D eigenvalue weighted by Gasteiger charge is 2.00. The number of aromatic nitrogens is 3. The third kappa shape index (κ3) is 3.17. The maximum atomic E-state index is 5.61. The number of H-pyrrole nitrogens is 1. The predicted molar refractivity (Wildman–Crippen MR) is 68.7 cm³/mol. The van der Waals surface area contributed by atoms with E-state index in [-0.39, 0.29) is 0 Å². The zero-order chi connectivity index (χ0) is 12.1. The molecule has 0 spiro atoms. The van der Waals surface area contributed by atoms with Gasteiger partial charge in [0.2, 0.25) is 0 Å². The lowest BCUT2D eigenvalue weighted by molar-refractivity contribution is 0.301. The second kappa shape index (κ2) is 5.63. The zero-order valence-electron chi connectivity index (χ0n) is 9.72. The number of benzene rings is 1. The summed E-state index contributed by atoms with van der Waals surface area (Å²) in [5.74, 6) is 1.81. The van der Waals surface area contributed by atoms with Crippen LogP contribution in [0.3, 0.4) is 0 Å². The van der Waals surface area contributed by atoms with Gasteiger partial charge < -0.3 is 9.30 Å². The molecule has 0 amide bonds. The van der Waals surface area contributed by atoms with Crippen LogP contribution in [0.2, 0.25) is 0 Å². The van der Waals surface area contributed by atoms with Crippen LogP contribution in [0, 0.1) is 11.7 Å². The minimum atomic E-state index is 0.669. The van der Waals surface area contributed by atoms with Crippen molar-refractivity contribution in [2.45, 2.75) is 19.9 Å². The van der Waals surface area contributed by atoms with Crippen LogP contribution in [-0.4, -0.2) is 21.4 Å². The van der Waals surface area contributed by atoms with Gasteiger partial charge >= 0.3 is 0 Å². The van der Waals surface area contributed by atoms with Crippen LogP contribution in [0.5, 0.6) is 5.75 Å². The number of aromatic amines is 1. The second-order valence-electron chi connectivity index (χ2n) is 3.74. The van der Waals surface area contributed by atoms with Gasteiger partial charge in [-0.3, -0.25) is 5.10 Å².